The first kappa shape index (κ1) is 39.4. The lowest BCUT2D eigenvalue weighted by Gasteiger charge is -2.21. The van der Waals surface area contributed by atoms with Crippen molar-refractivity contribution in [1.82, 2.24) is 0 Å². The summed E-state index contributed by atoms with van der Waals surface area (Å²) < 4.78 is 285. The number of benzene rings is 4. The van der Waals surface area contributed by atoms with Crippen molar-refractivity contribution in [1.29, 1.82) is 0 Å². The van der Waals surface area contributed by atoms with Crippen molar-refractivity contribution in [3.05, 3.63) is 116 Å². The highest BCUT2D eigenvalue weighted by Gasteiger charge is 2.41. The van der Waals surface area contributed by atoms with Crippen LogP contribution in [0, 0.1) is 116 Å². The van der Waals surface area contributed by atoms with E-state index in [9.17, 15) is 87.8 Å². The minimum atomic E-state index is -2.90. The van der Waals surface area contributed by atoms with Crippen LogP contribution in [0.25, 0.3) is 0 Å². The maximum Gasteiger partial charge on any atom is 0.225 e. The summed E-state index contributed by atoms with van der Waals surface area (Å²) in [6.07, 6.45) is -5.20. The maximum absolute atomic E-state index is 14.7. The Kier molecular flexibility index (Phi) is 11.3. The lowest BCUT2D eigenvalue weighted by atomic mass is 9.36. The molecule has 0 saturated carbocycles. The molecule has 0 aliphatic heterocycles. The molecule has 0 amide bonds. The predicted molar refractivity (Wildman–Crippen MR) is 138 cm³/mol. The summed E-state index contributed by atoms with van der Waals surface area (Å²) >= 11 is 0. The van der Waals surface area contributed by atoms with Gasteiger partial charge in [-0.3, -0.25) is 0 Å². The van der Waals surface area contributed by atoms with Crippen molar-refractivity contribution < 1.29 is 87.8 Å². The normalized spacial score (nSPS) is 11.5. The molecular weight excluding hydrogens is 750 g/mol. The zero-order valence-corrected chi connectivity index (χ0v) is 24.2. The van der Waals surface area contributed by atoms with E-state index in [-0.39, 0.29) is 0 Å². The van der Waals surface area contributed by atoms with Crippen LogP contribution in [-0.2, 0) is 0 Å². The van der Waals surface area contributed by atoms with Gasteiger partial charge in [-0.05, 0) is 0 Å². The van der Waals surface area contributed by atoms with Crippen LogP contribution in [0.15, 0.2) is 0 Å². The molecule has 0 aromatic heterocycles. The Morgan fingerprint density at radius 3 is 0.490 bits per heavy atom. The van der Waals surface area contributed by atoms with Gasteiger partial charge in [-0.2, -0.15) is 0 Å². The summed E-state index contributed by atoms with van der Waals surface area (Å²) in [5, 5.41) is 0. The Bertz CT molecular complexity index is 1670. The second-order valence-electron chi connectivity index (χ2n) is 10.7. The van der Waals surface area contributed by atoms with Crippen LogP contribution >= 0.6 is 0 Å². The monoisotopic (exact) mass is 760 g/mol. The molecule has 272 valence electrons. The molecule has 4 aromatic carbocycles. The van der Waals surface area contributed by atoms with Crippen LogP contribution in [0.2, 0.25) is 12.6 Å². The third-order valence-corrected chi connectivity index (χ3v) is 7.85. The van der Waals surface area contributed by atoms with Crippen LogP contribution in [0.3, 0.4) is 0 Å². The average molecular weight is 760 g/mol. The van der Waals surface area contributed by atoms with E-state index >= 15 is 0 Å². The quantitative estimate of drug-likeness (QED) is 0.0516. The third-order valence-electron chi connectivity index (χ3n) is 7.85. The minimum absolute atomic E-state index is 0.775. The largest absolute Gasteiger partial charge is 0.225 e. The van der Waals surface area contributed by atoms with Gasteiger partial charge in [0, 0.05) is 21.9 Å². The fourth-order valence-electron chi connectivity index (χ4n) is 5.45. The SMILES string of the molecule is Fc1c(F)c(F)c(B(CCCCCB(c2c(F)c(F)c(F)c(F)c2F)c2c(F)c(F)c(F)c(F)c2F)c2c(F)c(F)c(F)c(F)c2F)c(F)c1F. The molecule has 0 nitrogen and oxygen atoms in total. The lowest BCUT2D eigenvalue weighted by molar-refractivity contribution is 0.382. The summed E-state index contributed by atoms with van der Waals surface area (Å²) in [5.74, 6) is -55.1. The molecule has 0 bridgehead atoms. The summed E-state index contributed by atoms with van der Waals surface area (Å²) in [4.78, 5) is 0. The van der Waals surface area contributed by atoms with E-state index in [1.807, 2.05) is 0 Å². The number of hydrogen-bond donors (Lipinski definition) is 0. The van der Waals surface area contributed by atoms with Crippen LogP contribution in [0.4, 0.5) is 87.8 Å². The van der Waals surface area contributed by atoms with E-state index in [1.165, 1.54) is 0 Å². The van der Waals surface area contributed by atoms with Crippen molar-refractivity contribution in [3.63, 3.8) is 0 Å². The molecular formula is C29H10B2F20. The highest BCUT2D eigenvalue weighted by molar-refractivity contribution is 6.86. The first-order valence-electron chi connectivity index (χ1n) is 13.8. The average Bonchev–Trinajstić information content (AvgIpc) is 3.10. The molecule has 0 aliphatic rings. The van der Waals surface area contributed by atoms with Crippen LogP contribution < -0.4 is 21.9 Å². The molecule has 0 heterocycles. The van der Waals surface area contributed by atoms with Gasteiger partial charge in [0.05, 0.1) is 0 Å². The van der Waals surface area contributed by atoms with Crippen molar-refractivity contribution in [2.75, 3.05) is 0 Å². The molecule has 4 aromatic rings. The lowest BCUT2D eigenvalue weighted by Crippen LogP contribution is -2.51. The van der Waals surface area contributed by atoms with Crippen LogP contribution in [0.5, 0.6) is 0 Å². The van der Waals surface area contributed by atoms with Gasteiger partial charge in [0.25, 0.3) is 0 Å². The fraction of sp³-hybridized carbons (Fsp3) is 0.172. The van der Waals surface area contributed by atoms with Gasteiger partial charge in [0.2, 0.25) is 13.4 Å². The van der Waals surface area contributed by atoms with Gasteiger partial charge in [0.1, 0.15) is 0 Å². The number of unbranched alkanes of at least 4 members (excludes halogenated alkanes) is 2. The van der Waals surface area contributed by atoms with E-state index in [1.54, 1.807) is 0 Å². The molecule has 0 radical (unpaired) electrons. The second kappa shape index (κ2) is 14.7. The van der Waals surface area contributed by atoms with Crippen molar-refractivity contribution in [2.24, 2.45) is 0 Å². The van der Waals surface area contributed by atoms with Gasteiger partial charge in [0.15, 0.2) is 116 Å². The maximum atomic E-state index is 14.7. The molecule has 51 heavy (non-hydrogen) atoms. The van der Waals surface area contributed by atoms with Crippen molar-refractivity contribution in [2.45, 2.75) is 31.9 Å². The molecule has 4 rings (SSSR count). The highest BCUT2D eigenvalue weighted by Crippen LogP contribution is 2.25. The Hall–Kier alpha value is -4.39. The zero-order chi connectivity index (χ0) is 38.5. The summed E-state index contributed by atoms with van der Waals surface area (Å²) in [5.41, 5.74) is -8.41. The Balaban J connectivity index is 1.78. The number of hydrogen-bond acceptors (Lipinski definition) is 0. The topological polar surface area (TPSA) is 0 Å². The molecule has 0 fully saturated rings. The van der Waals surface area contributed by atoms with Gasteiger partial charge in [-0.15, -0.1) is 0 Å². The molecule has 0 N–H and O–H groups in total. The zero-order valence-electron chi connectivity index (χ0n) is 24.2. The molecule has 0 spiro atoms. The molecule has 0 atom stereocenters. The van der Waals surface area contributed by atoms with Crippen molar-refractivity contribution >= 4 is 35.3 Å². The van der Waals surface area contributed by atoms with Crippen molar-refractivity contribution in [3.8, 4) is 0 Å². The van der Waals surface area contributed by atoms with Gasteiger partial charge in [-0.1, -0.05) is 31.9 Å². The second-order valence-corrected chi connectivity index (χ2v) is 10.7. The minimum Gasteiger partial charge on any atom is -0.204 e. The highest BCUT2D eigenvalue weighted by atomic mass is 19.2. The summed E-state index contributed by atoms with van der Waals surface area (Å²) in [7, 11) is 0. The Morgan fingerprint density at radius 2 is 0.333 bits per heavy atom. The number of halogens is 20. The van der Waals surface area contributed by atoms with Gasteiger partial charge < -0.3 is 0 Å². The smallest absolute Gasteiger partial charge is 0.204 e. The molecule has 22 heteroatoms. The van der Waals surface area contributed by atoms with Crippen LogP contribution in [0.1, 0.15) is 19.3 Å². The standard InChI is InChI=1S/C29H10B2F20/c32-10-6(11(33)19(41)26(48)18(10)40)30(7-12(34)20(42)27(49)21(43)13(7)35)4-2-1-3-5-31(8-14(36)22(44)28(50)23(45)15(8)37)9-16(38)24(46)29(51)25(47)17(9)39/h1-5H2. The summed E-state index contributed by atoms with van der Waals surface area (Å²) in [6.45, 7) is -5.80. The Labute approximate surface area is 271 Å². The van der Waals surface area contributed by atoms with Gasteiger partial charge in [-0.25, -0.2) is 87.8 Å². The van der Waals surface area contributed by atoms with E-state index < -0.39 is 184 Å². The third kappa shape index (κ3) is 6.49. The van der Waals surface area contributed by atoms with Crippen LogP contribution in [-0.4, -0.2) is 13.4 Å². The fourth-order valence-corrected chi connectivity index (χ4v) is 5.45. The predicted octanol–water partition coefficient (Wildman–Crippen LogP) is 7.56. The molecule has 0 unspecified atom stereocenters. The van der Waals surface area contributed by atoms with E-state index in [2.05, 4.69) is 0 Å². The van der Waals surface area contributed by atoms with E-state index in [0.717, 1.165) is 0 Å². The number of rotatable bonds is 10. The molecule has 0 aliphatic carbocycles. The Morgan fingerprint density at radius 1 is 0.196 bits per heavy atom. The first-order chi connectivity index (χ1) is 23.7. The summed E-state index contributed by atoms with van der Waals surface area (Å²) in [6, 6.07) is 0. The first-order valence-corrected chi connectivity index (χ1v) is 13.8. The van der Waals surface area contributed by atoms with Gasteiger partial charge >= 0.3 is 0 Å². The van der Waals surface area contributed by atoms with E-state index in [4.69, 9.17) is 0 Å². The van der Waals surface area contributed by atoms with E-state index in [0.29, 0.717) is 0 Å². The molecule has 0 saturated heterocycles.